The number of likely N-dealkylation sites (N-methyl/N-ethyl adjacent to an activating group) is 1. The zero-order chi connectivity index (χ0) is 15.5. The summed E-state index contributed by atoms with van der Waals surface area (Å²) in [7, 11) is 3.45. The number of benzene rings is 1. The predicted octanol–water partition coefficient (Wildman–Crippen LogP) is 3.50. The molecule has 1 aliphatic rings. The summed E-state index contributed by atoms with van der Waals surface area (Å²) in [6.45, 7) is 0.500. The zero-order valence-corrected chi connectivity index (χ0v) is 15.5. The topological polar surface area (TPSA) is 55.6 Å². The van der Waals surface area contributed by atoms with Gasteiger partial charge in [0.2, 0.25) is 5.91 Å². The summed E-state index contributed by atoms with van der Waals surface area (Å²) in [5, 5.41) is 0. The van der Waals surface area contributed by atoms with Gasteiger partial charge in [0.25, 0.3) is 0 Å². The number of hydrogen-bond acceptors (Lipinski definition) is 3. The maximum Gasteiger partial charge on any atom is 0.242 e. The first-order valence-corrected chi connectivity index (χ1v) is 8.12. The van der Waals surface area contributed by atoms with E-state index in [1.807, 2.05) is 25.2 Å². The van der Waals surface area contributed by atoms with Crippen molar-refractivity contribution >= 4 is 34.2 Å². The minimum absolute atomic E-state index is 0. The highest BCUT2D eigenvalue weighted by atomic mass is 79.9. The molecule has 1 fully saturated rings. The minimum Gasteiger partial charge on any atom is -0.496 e. The highest BCUT2D eigenvalue weighted by molar-refractivity contribution is 9.10. The van der Waals surface area contributed by atoms with E-state index in [4.69, 9.17) is 10.5 Å². The molecule has 0 unspecified atom stereocenters. The number of hydrogen-bond donors (Lipinski definition) is 1. The van der Waals surface area contributed by atoms with Crippen molar-refractivity contribution in [3.05, 3.63) is 28.2 Å². The van der Waals surface area contributed by atoms with Crippen LogP contribution in [-0.4, -0.2) is 30.5 Å². The monoisotopic (exact) mass is 390 g/mol. The number of carbonyl (C=O) groups excluding carboxylic acids is 1. The van der Waals surface area contributed by atoms with Gasteiger partial charge in [-0.25, -0.2) is 0 Å². The molecule has 0 spiro atoms. The molecule has 0 heterocycles. The molecule has 6 heteroatoms. The van der Waals surface area contributed by atoms with Crippen molar-refractivity contribution in [3.8, 4) is 5.75 Å². The molecular weight excluding hydrogens is 368 g/mol. The molecule has 1 aliphatic carbocycles. The third-order valence-corrected chi connectivity index (χ3v) is 4.66. The quantitative estimate of drug-likeness (QED) is 0.854. The summed E-state index contributed by atoms with van der Waals surface area (Å²) in [5.74, 6) is 0.816. The van der Waals surface area contributed by atoms with Gasteiger partial charge in [-0.2, -0.15) is 0 Å². The molecule has 0 aliphatic heterocycles. The second-order valence-corrected chi connectivity index (χ2v) is 6.75. The molecule has 0 saturated heterocycles. The van der Waals surface area contributed by atoms with Gasteiger partial charge >= 0.3 is 0 Å². The van der Waals surface area contributed by atoms with Crippen molar-refractivity contribution in [2.75, 3.05) is 14.2 Å². The van der Waals surface area contributed by atoms with E-state index in [2.05, 4.69) is 15.9 Å². The fourth-order valence-corrected chi connectivity index (χ4v) is 3.38. The van der Waals surface area contributed by atoms with Crippen LogP contribution in [0.2, 0.25) is 0 Å². The Morgan fingerprint density at radius 2 is 2.00 bits per heavy atom. The van der Waals surface area contributed by atoms with E-state index >= 15 is 0 Å². The van der Waals surface area contributed by atoms with E-state index in [1.165, 1.54) is 6.42 Å². The van der Waals surface area contributed by atoms with Gasteiger partial charge in [-0.05, 0) is 31.0 Å². The van der Waals surface area contributed by atoms with E-state index < -0.39 is 5.54 Å². The largest absolute Gasteiger partial charge is 0.496 e. The number of ether oxygens (including phenoxy) is 1. The molecule has 0 bridgehead atoms. The molecule has 4 nitrogen and oxygen atoms in total. The Bertz CT molecular complexity index is 519. The molecule has 0 radical (unpaired) electrons. The number of halogens is 2. The van der Waals surface area contributed by atoms with Gasteiger partial charge in [0, 0.05) is 23.6 Å². The Morgan fingerprint density at radius 3 is 2.59 bits per heavy atom. The first-order chi connectivity index (χ1) is 9.96. The van der Waals surface area contributed by atoms with Gasteiger partial charge in [-0.15, -0.1) is 12.4 Å². The second kappa shape index (κ2) is 8.18. The molecule has 0 atom stereocenters. The number of rotatable bonds is 4. The third-order valence-electron chi connectivity index (χ3n) is 4.17. The van der Waals surface area contributed by atoms with E-state index in [9.17, 15) is 4.79 Å². The van der Waals surface area contributed by atoms with E-state index in [0.29, 0.717) is 6.54 Å². The average molecular weight is 392 g/mol. The predicted molar refractivity (Wildman–Crippen MR) is 94.4 cm³/mol. The van der Waals surface area contributed by atoms with Crippen molar-refractivity contribution in [2.24, 2.45) is 5.73 Å². The number of amides is 1. The molecule has 1 amide bonds. The van der Waals surface area contributed by atoms with Crippen LogP contribution in [0.1, 0.15) is 37.7 Å². The van der Waals surface area contributed by atoms with Crippen LogP contribution in [0.3, 0.4) is 0 Å². The summed E-state index contributed by atoms with van der Waals surface area (Å²) >= 11 is 3.46. The van der Waals surface area contributed by atoms with Crippen LogP contribution in [0.15, 0.2) is 22.7 Å². The van der Waals surface area contributed by atoms with Crippen molar-refractivity contribution in [3.63, 3.8) is 0 Å². The fraction of sp³-hybridized carbons (Fsp3) is 0.562. The van der Waals surface area contributed by atoms with Crippen LogP contribution in [-0.2, 0) is 11.3 Å². The van der Waals surface area contributed by atoms with Gasteiger partial charge in [0.15, 0.2) is 0 Å². The zero-order valence-electron chi connectivity index (χ0n) is 13.1. The van der Waals surface area contributed by atoms with Crippen molar-refractivity contribution in [1.82, 2.24) is 4.90 Å². The number of nitrogens with two attached hydrogens (primary N) is 1. The maximum absolute atomic E-state index is 12.7. The van der Waals surface area contributed by atoms with Gasteiger partial charge in [-0.1, -0.05) is 35.2 Å². The lowest BCUT2D eigenvalue weighted by Gasteiger charge is -2.35. The van der Waals surface area contributed by atoms with Crippen LogP contribution in [0.25, 0.3) is 0 Å². The molecule has 1 aromatic carbocycles. The first kappa shape index (κ1) is 19.3. The average Bonchev–Trinajstić information content (AvgIpc) is 2.47. The fourth-order valence-electron chi connectivity index (χ4n) is 2.97. The Kier molecular flexibility index (Phi) is 7.16. The molecule has 1 aromatic rings. The molecule has 1 saturated carbocycles. The smallest absolute Gasteiger partial charge is 0.242 e. The molecule has 2 rings (SSSR count). The lowest BCUT2D eigenvalue weighted by Crippen LogP contribution is -2.55. The molecule has 124 valence electrons. The van der Waals surface area contributed by atoms with Crippen LogP contribution >= 0.6 is 28.3 Å². The molecule has 22 heavy (non-hydrogen) atoms. The van der Waals surface area contributed by atoms with Gasteiger partial charge in [0.05, 0.1) is 12.6 Å². The van der Waals surface area contributed by atoms with Gasteiger partial charge in [0.1, 0.15) is 5.75 Å². The molecule has 0 aromatic heterocycles. The lowest BCUT2D eigenvalue weighted by atomic mass is 9.81. The number of carbonyl (C=O) groups is 1. The van der Waals surface area contributed by atoms with Crippen molar-refractivity contribution < 1.29 is 9.53 Å². The van der Waals surface area contributed by atoms with E-state index in [1.54, 1.807) is 12.0 Å². The summed E-state index contributed by atoms with van der Waals surface area (Å²) in [5.41, 5.74) is 6.61. The molecular formula is C16H24BrClN2O2. The summed E-state index contributed by atoms with van der Waals surface area (Å²) in [6.07, 6.45) is 4.82. The van der Waals surface area contributed by atoms with Crippen LogP contribution in [0, 0.1) is 0 Å². The highest BCUT2D eigenvalue weighted by Gasteiger charge is 2.37. The maximum atomic E-state index is 12.7. The lowest BCUT2D eigenvalue weighted by molar-refractivity contribution is -0.137. The second-order valence-electron chi connectivity index (χ2n) is 5.83. The van der Waals surface area contributed by atoms with Crippen LogP contribution in [0.4, 0.5) is 0 Å². The highest BCUT2D eigenvalue weighted by Crippen LogP contribution is 2.29. The van der Waals surface area contributed by atoms with Crippen molar-refractivity contribution in [1.29, 1.82) is 0 Å². The Morgan fingerprint density at radius 1 is 1.36 bits per heavy atom. The first-order valence-electron chi connectivity index (χ1n) is 7.33. The number of methoxy groups -OCH3 is 1. The summed E-state index contributed by atoms with van der Waals surface area (Å²) < 4.78 is 6.33. The Hall–Kier alpha value is -0.780. The standard InChI is InChI=1S/C16H23BrN2O2.ClH/c1-19(15(20)16(18)8-4-3-5-9-16)11-12-10-13(17)6-7-14(12)21-2;/h6-7,10H,3-5,8-9,11,18H2,1-2H3;1H. The van der Waals surface area contributed by atoms with Gasteiger partial charge < -0.3 is 15.4 Å². The SMILES string of the molecule is COc1ccc(Br)cc1CN(C)C(=O)C1(N)CCCCC1.Cl. The van der Waals surface area contributed by atoms with Crippen LogP contribution in [0.5, 0.6) is 5.75 Å². The van der Waals surface area contributed by atoms with Crippen LogP contribution < -0.4 is 10.5 Å². The Balaban J connectivity index is 0.00000242. The van der Waals surface area contributed by atoms with E-state index in [0.717, 1.165) is 41.5 Å². The number of nitrogens with zero attached hydrogens (tertiary/aromatic N) is 1. The summed E-state index contributed by atoms with van der Waals surface area (Å²) in [4.78, 5) is 14.4. The van der Waals surface area contributed by atoms with Gasteiger partial charge in [-0.3, -0.25) is 4.79 Å². The summed E-state index contributed by atoms with van der Waals surface area (Å²) in [6, 6.07) is 5.80. The third kappa shape index (κ3) is 4.37. The van der Waals surface area contributed by atoms with Crippen molar-refractivity contribution in [2.45, 2.75) is 44.2 Å². The normalized spacial score (nSPS) is 16.5. The Labute approximate surface area is 146 Å². The minimum atomic E-state index is -0.688. The van der Waals surface area contributed by atoms with E-state index in [-0.39, 0.29) is 18.3 Å². The molecule has 2 N–H and O–H groups in total.